The van der Waals surface area contributed by atoms with Gasteiger partial charge in [0.05, 0.1) is 5.69 Å². The van der Waals surface area contributed by atoms with Gasteiger partial charge in [-0.3, -0.25) is 9.59 Å². The number of nitrogens with one attached hydrogen (secondary N) is 1. The molecule has 1 aliphatic rings. The number of unbranched alkanes of at least 4 members (excludes halogenated alkanes) is 1. The molecule has 0 bridgehead atoms. The van der Waals surface area contributed by atoms with E-state index in [1.807, 2.05) is 28.9 Å². The van der Waals surface area contributed by atoms with Crippen LogP contribution in [0.25, 0.3) is 5.69 Å². The Hall–Kier alpha value is -2.34. The first kappa shape index (κ1) is 19.4. The first-order valence-corrected chi connectivity index (χ1v) is 9.81. The van der Waals surface area contributed by atoms with Crippen molar-refractivity contribution in [2.24, 2.45) is 0 Å². The molecule has 1 amide bonds. The largest absolute Gasteiger partial charge is 0.481 e. The van der Waals surface area contributed by atoms with Crippen molar-refractivity contribution in [3.8, 4) is 5.69 Å². The number of rotatable bonds is 7. The van der Waals surface area contributed by atoms with Gasteiger partial charge >= 0.3 is 5.97 Å². The molecule has 0 aliphatic heterocycles. The Bertz CT molecular complexity index is 815. The average Bonchev–Trinajstić information content (AvgIpc) is 2.83. The third-order valence-electron chi connectivity index (χ3n) is 4.82. The number of benzene rings is 1. The molecule has 7 heteroatoms. The Kier molecular flexibility index (Phi) is 6.50. The highest BCUT2D eigenvalue weighted by Gasteiger charge is 2.24. The van der Waals surface area contributed by atoms with Gasteiger partial charge in [-0.15, -0.1) is 0 Å². The number of carboxylic acid groups (broad SMARTS) is 1. The Balaban J connectivity index is 1.79. The van der Waals surface area contributed by atoms with Crippen LogP contribution in [0.1, 0.15) is 60.3 Å². The topological polar surface area (TPSA) is 84.2 Å². The molecule has 0 atom stereocenters. The van der Waals surface area contributed by atoms with Gasteiger partial charge in [0.1, 0.15) is 0 Å². The minimum absolute atomic E-state index is 0.121. The van der Waals surface area contributed by atoms with Gasteiger partial charge in [-0.05, 0) is 62.8 Å². The molecular weight excluding hydrogens is 366 g/mol. The number of fused-ring (bicyclic) bond motifs is 1. The van der Waals surface area contributed by atoms with E-state index in [4.69, 9.17) is 16.7 Å². The maximum absolute atomic E-state index is 12.7. The zero-order valence-corrected chi connectivity index (χ0v) is 16.0. The van der Waals surface area contributed by atoms with Crippen LogP contribution in [0.2, 0.25) is 5.02 Å². The molecule has 27 heavy (non-hydrogen) atoms. The Morgan fingerprint density at radius 3 is 2.59 bits per heavy atom. The van der Waals surface area contributed by atoms with E-state index in [9.17, 15) is 9.59 Å². The molecule has 0 unspecified atom stereocenters. The van der Waals surface area contributed by atoms with Gasteiger partial charge < -0.3 is 10.4 Å². The van der Waals surface area contributed by atoms with E-state index in [1.165, 1.54) is 0 Å². The predicted octanol–water partition coefficient (Wildman–Crippen LogP) is 3.78. The van der Waals surface area contributed by atoms with E-state index in [0.717, 1.165) is 49.0 Å². The minimum atomic E-state index is -0.812. The van der Waals surface area contributed by atoms with Crippen molar-refractivity contribution in [1.82, 2.24) is 15.1 Å². The fourth-order valence-electron chi connectivity index (χ4n) is 3.44. The lowest BCUT2D eigenvalue weighted by molar-refractivity contribution is -0.137. The molecule has 2 N–H and O–H groups in total. The lowest BCUT2D eigenvalue weighted by Crippen LogP contribution is -2.26. The molecule has 1 heterocycles. The number of hydrogen-bond acceptors (Lipinski definition) is 3. The number of hydrogen-bond donors (Lipinski definition) is 2. The van der Waals surface area contributed by atoms with Gasteiger partial charge in [0, 0.05) is 29.2 Å². The van der Waals surface area contributed by atoms with Gasteiger partial charge in [-0.2, -0.15) is 5.10 Å². The fourth-order valence-corrected chi connectivity index (χ4v) is 3.57. The van der Waals surface area contributed by atoms with Gasteiger partial charge in [0.2, 0.25) is 0 Å². The van der Waals surface area contributed by atoms with Crippen molar-refractivity contribution in [2.75, 3.05) is 6.54 Å². The third kappa shape index (κ3) is 4.89. The van der Waals surface area contributed by atoms with Crippen LogP contribution in [0.4, 0.5) is 0 Å². The van der Waals surface area contributed by atoms with Crippen molar-refractivity contribution in [1.29, 1.82) is 0 Å². The van der Waals surface area contributed by atoms with Crippen molar-refractivity contribution in [2.45, 2.75) is 51.4 Å². The van der Waals surface area contributed by atoms with Crippen LogP contribution >= 0.6 is 11.6 Å². The number of amides is 1. The molecule has 1 aromatic carbocycles. The average molecular weight is 390 g/mol. The zero-order chi connectivity index (χ0) is 19.2. The SMILES string of the molecule is O=C(O)CCCCNC(=O)c1nn(-c2ccc(Cl)cc2)c2c1CCCCC2. The summed E-state index contributed by atoms with van der Waals surface area (Å²) in [6.07, 6.45) is 6.34. The lowest BCUT2D eigenvalue weighted by Gasteiger charge is -2.07. The molecule has 2 aromatic rings. The zero-order valence-electron chi connectivity index (χ0n) is 15.2. The highest BCUT2D eigenvalue weighted by Crippen LogP contribution is 2.27. The molecule has 1 aliphatic carbocycles. The maximum Gasteiger partial charge on any atom is 0.303 e. The van der Waals surface area contributed by atoms with Crippen LogP contribution in [0, 0.1) is 0 Å². The highest BCUT2D eigenvalue weighted by molar-refractivity contribution is 6.30. The molecule has 0 saturated heterocycles. The molecule has 1 aromatic heterocycles. The summed E-state index contributed by atoms with van der Waals surface area (Å²) in [4.78, 5) is 23.3. The molecule has 0 fully saturated rings. The number of aliphatic carboxylic acids is 1. The molecule has 0 saturated carbocycles. The first-order chi connectivity index (χ1) is 13.1. The van der Waals surface area contributed by atoms with E-state index >= 15 is 0 Å². The summed E-state index contributed by atoms with van der Waals surface area (Å²) in [7, 11) is 0. The van der Waals surface area contributed by atoms with E-state index in [0.29, 0.717) is 30.1 Å². The fraction of sp³-hybridized carbons (Fsp3) is 0.450. The van der Waals surface area contributed by atoms with Gasteiger partial charge in [-0.25, -0.2) is 4.68 Å². The summed E-state index contributed by atoms with van der Waals surface area (Å²) in [5.74, 6) is -0.996. The monoisotopic (exact) mass is 389 g/mol. The Morgan fingerprint density at radius 1 is 1.11 bits per heavy atom. The molecule has 0 spiro atoms. The number of nitrogens with zero attached hydrogens (tertiary/aromatic N) is 2. The summed E-state index contributed by atoms with van der Waals surface area (Å²) in [6, 6.07) is 7.47. The number of halogens is 1. The van der Waals surface area contributed by atoms with Crippen molar-refractivity contribution in [3.63, 3.8) is 0 Å². The van der Waals surface area contributed by atoms with E-state index in [2.05, 4.69) is 10.4 Å². The van der Waals surface area contributed by atoms with E-state index in [1.54, 1.807) is 0 Å². The predicted molar refractivity (Wildman–Crippen MR) is 104 cm³/mol. The van der Waals surface area contributed by atoms with Crippen LogP contribution in [-0.2, 0) is 17.6 Å². The van der Waals surface area contributed by atoms with E-state index < -0.39 is 5.97 Å². The van der Waals surface area contributed by atoms with Gasteiger partial charge in [0.15, 0.2) is 5.69 Å². The van der Waals surface area contributed by atoms with Crippen LogP contribution in [0.15, 0.2) is 24.3 Å². The second-order valence-electron chi connectivity index (χ2n) is 6.83. The van der Waals surface area contributed by atoms with Gasteiger partial charge in [-0.1, -0.05) is 18.0 Å². The summed E-state index contributed by atoms with van der Waals surface area (Å²) in [5.41, 5.74) is 3.52. The van der Waals surface area contributed by atoms with Crippen molar-refractivity contribution >= 4 is 23.5 Å². The smallest absolute Gasteiger partial charge is 0.303 e. The summed E-state index contributed by atoms with van der Waals surface area (Å²) < 4.78 is 1.87. The summed E-state index contributed by atoms with van der Waals surface area (Å²) in [5, 5.41) is 16.9. The normalized spacial score (nSPS) is 13.7. The van der Waals surface area contributed by atoms with Crippen molar-refractivity contribution in [3.05, 3.63) is 46.2 Å². The van der Waals surface area contributed by atoms with Crippen LogP contribution in [0.3, 0.4) is 0 Å². The first-order valence-electron chi connectivity index (χ1n) is 9.43. The molecule has 0 radical (unpaired) electrons. The Morgan fingerprint density at radius 2 is 1.85 bits per heavy atom. The molecule has 3 rings (SSSR count). The number of carbonyl (C=O) groups is 2. The van der Waals surface area contributed by atoms with Crippen molar-refractivity contribution < 1.29 is 14.7 Å². The molecule has 6 nitrogen and oxygen atoms in total. The minimum Gasteiger partial charge on any atom is -0.481 e. The number of carbonyl (C=O) groups excluding carboxylic acids is 1. The highest BCUT2D eigenvalue weighted by atomic mass is 35.5. The maximum atomic E-state index is 12.7. The number of carboxylic acids is 1. The Labute approximate surface area is 163 Å². The molecule has 144 valence electrons. The van der Waals surface area contributed by atoms with Crippen LogP contribution < -0.4 is 5.32 Å². The van der Waals surface area contributed by atoms with Gasteiger partial charge in [0.25, 0.3) is 5.91 Å². The third-order valence-corrected chi connectivity index (χ3v) is 5.07. The van der Waals surface area contributed by atoms with Crippen LogP contribution in [0.5, 0.6) is 0 Å². The standard InChI is InChI=1S/C20H24ClN3O3/c21-14-9-11-15(12-10-14)24-17-7-3-1-2-6-16(17)19(23-24)20(27)22-13-5-4-8-18(25)26/h9-12H,1-8,13H2,(H,22,27)(H,25,26). The summed E-state index contributed by atoms with van der Waals surface area (Å²) in [6.45, 7) is 0.453. The second-order valence-corrected chi connectivity index (χ2v) is 7.27. The van der Waals surface area contributed by atoms with Crippen LogP contribution in [-0.4, -0.2) is 33.3 Å². The van der Waals surface area contributed by atoms with E-state index in [-0.39, 0.29) is 12.3 Å². The quantitative estimate of drug-likeness (QED) is 0.557. The lowest BCUT2D eigenvalue weighted by atomic mass is 10.1. The molecular formula is C20H24ClN3O3. The second kappa shape index (κ2) is 9.04. The summed E-state index contributed by atoms with van der Waals surface area (Å²) >= 11 is 6.00. The number of aromatic nitrogens is 2.